The van der Waals surface area contributed by atoms with E-state index in [-0.39, 0.29) is 5.56 Å². The van der Waals surface area contributed by atoms with Gasteiger partial charge < -0.3 is 11.1 Å². The quantitative estimate of drug-likeness (QED) is 0.836. The average Bonchev–Trinajstić information content (AvgIpc) is 2.50. The predicted molar refractivity (Wildman–Crippen MR) is 78.8 cm³/mol. The third-order valence-electron chi connectivity index (χ3n) is 4.44. The number of hydrogen-bond acceptors (Lipinski definition) is 2. The summed E-state index contributed by atoms with van der Waals surface area (Å²) in [5.74, 6) is -0.991. The first-order valence-electron chi connectivity index (χ1n) is 7.54. The zero-order valence-electron chi connectivity index (χ0n) is 12.3. The summed E-state index contributed by atoms with van der Waals surface area (Å²) in [4.78, 5) is 11.9. The van der Waals surface area contributed by atoms with Crippen molar-refractivity contribution in [3.63, 3.8) is 0 Å². The Balaban J connectivity index is 1.88. The van der Waals surface area contributed by atoms with E-state index in [1.807, 2.05) is 0 Å². The molecule has 3 N–H and O–H groups in total. The highest BCUT2D eigenvalue weighted by Crippen LogP contribution is 2.30. The second kappa shape index (κ2) is 6.87. The van der Waals surface area contributed by atoms with Crippen LogP contribution in [0.3, 0.4) is 0 Å². The van der Waals surface area contributed by atoms with E-state index in [0.29, 0.717) is 12.5 Å². The number of amides is 1. The number of benzene rings is 1. The predicted octanol–water partition coefficient (Wildman–Crippen LogP) is 3.49. The van der Waals surface area contributed by atoms with Crippen LogP contribution in [-0.2, 0) is 0 Å². The summed E-state index contributed by atoms with van der Waals surface area (Å²) in [7, 11) is 0. The molecule has 3 nitrogen and oxygen atoms in total. The van der Waals surface area contributed by atoms with E-state index in [1.165, 1.54) is 19.3 Å². The molecule has 0 unspecified atom stereocenters. The molecule has 0 atom stereocenters. The molecule has 1 aliphatic carbocycles. The Morgan fingerprint density at radius 3 is 2.24 bits per heavy atom. The van der Waals surface area contributed by atoms with Crippen molar-refractivity contribution in [2.24, 2.45) is 11.8 Å². The summed E-state index contributed by atoms with van der Waals surface area (Å²) in [6, 6.07) is 1.95. The van der Waals surface area contributed by atoms with Gasteiger partial charge in [-0.3, -0.25) is 4.79 Å². The molecule has 0 bridgehead atoms. The number of nitrogens with one attached hydrogen (secondary N) is 1. The van der Waals surface area contributed by atoms with Gasteiger partial charge in [0.05, 0.1) is 0 Å². The van der Waals surface area contributed by atoms with E-state index < -0.39 is 23.2 Å². The lowest BCUT2D eigenvalue weighted by atomic mass is 9.81. The van der Waals surface area contributed by atoms with Gasteiger partial charge >= 0.3 is 0 Å². The standard InChI is InChI=1S/C16H22F2N2O/c1-2-10-3-5-11(6-4-10)9-20-16(21)12-7-13(17)15(19)14(18)8-12/h7-8,10-11H,2-6,9,19H2,1H3,(H,20,21). The summed E-state index contributed by atoms with van der Waals surface area (Å²) in [6.07, 6.45) is 5.81. The van der Waals surface area contributed by atoms with Crippen LogP contribution in [0, 0.1) is 23.5 Å². The minimum Gasteiger partial charge on any atom is -0.394 e. The number of nitrogens with two attached hydrogens (primary N) is 1. The van der Waals surface area contributed by atoms with Crippen molar-refractivity contribution >= 4 is 11.6 Å². The molecule has 0 aromatic heterocycles. The summed E-state index contributed by atoms with van der Waals surface area (Å²) >= 11 is 0. The van der Waals surface area contributed by atoms with Crippen LogP contribution < -0.4 is 11.1 Å². The van der Waals surface area contributed by atoms with Gasteiger partial charge in [0, 0.05) is 12.1 Å². The summed E-state index contributed by atoms with van der Waals surface area (Å²) in [5.41, 5.74) is 4.61. The Morgan fingerprint density at radius 1 is 1.19 bits per heavy atom. The minimum atomic E-state index is -0.899. The summed E-state index contributed by atoms with van der Waals surface area (Å²) < 4.78 is 26.7. The van der Waals surface area contributed by atoms with Crippen LogP contribution >= 0.6 is 0 Å². The second-order valence-electron chi connectivity index (χ2n) is 5.86. The number of nitrogen functional groups attached to an aromatic ring is 1. The van der Waals surface area contributed by atoms with E-state index in [2.05, 4.69) is 12.2 Å². The van der Waals surface area contributed by atoms with Gasteiger partial charge in [0.1, 0.15) is 17.3 Å². The largest absolute Gasteiger partial charge is 0.394 e. The van der Waals surface area contributed by atoms with Crippen LogP contribution in [-0.4, -0.2) is 12.5 Å². The molecule has 116 valence electrons. The molecule has 5 heteroatoms. The SMILES string of the molecule is CCC1CCC(CNC(=O)c2cc(F)c(N)c(F)c2)CC1. The fourth-order valence-corrected chi connectivity index (χ4v) is 2.90. The molecule has 0 saturated heterocycles. The second-order valence-corrected chi connectivity index (χ2v) is 5.86. The van der Waals surface area contributed by atoms with Crippen molar-refractivity contribution in [1.29, 1.82) is 0 Å². The monoisotopic (exact) mass is 296 g/mol. The van der Waals surface area contributed by atoms with Crippen LogP contribution in [0.1, 0.15) is 49.4 Å². The first-order valence-corrected chi connectivity index (χ1v) is 7.54. The minimum absolute atomic E-state index is 0.0264. The highest BCUT2D eigenvalue weighted by Gasteiger charge is 2.21. The molecule has 0 aliphatic heterocycles. The molecule has 1 aliphatic rings. The summed E-state index contributed by atoms with van der Waals surface area (Å²) in [5, 5.41) is 2.76. The molecular weight excluding hydrogens is 274 g/mol. The van der Waals surface area contributed by atoms with Gasteiger partial charge in [-0.15, -0.1) is 0 Å². The van der Waals surface area contributed by atoms with Crippen molar-refractivity contribution in [3.05, 3.63) is 29.3 Å². The van der Waals surface area contributed by atoms with Gasteiger partial charge in [-0.05, 0) is 36.8 Å². The number of hydrogen-bond donors (Lipinski definition) is 2. The Labute approximate surface area is 123 Å². The van der Waals surface area contributed by atoms with Crippen molar-refractivity contribution in [2.75, 3.05) is 12.3 Å². The molecule has 0 radical (unpaired) electrons. The third kappa shape index (κ3) is 3.93. The average molecular weight is 296 g/mol. The molecule has 21 heavy (non-hydrogen) atoms. The first-order chi connectivity index (χ1) is 10.0. The highest BCUT2D eigenvalue weighted by atomic mass is 19.1. The van der Waals surface area contributed by atoms with Gasteiger partial charge in [0.25, 0.3) is 5.91 Å². The van der Waals surface area contributed by atoms with Crippen LogP contribution in [0.4, 0.5) is 14.5 Å². The molecule has 0 spiro atoms. The zero-order valence-corrected chi connectivity index (χ0v) is 12.3. The van der Waals surface area contributed by atoms with E-state index in [9.17, 15) is 13.6 Å². The van der Waals surface area contributed by atoms with E-state index in [1.54, 1.807) is 0 Å². The maximum atomic E-state index is 13.3. The lowest BCUT2D eigenvalue weighted by molar-refractivity contribution is 0.0940. The molecule has 1 fully saturated rings. The third-order valence-corrected chi connectivity index (χ3v) is 4.44. The van der Waals surface area contributed by atoms with Gasteiger partial charge in [0.2, 0.25) is 0 Å². The lowest BCUT2D eigenvalue weighted by Gasteiger charge is -2.27. The maximum Gasteiger partial charge on any atom is 0.251 e. The van der Waals surface area contributed by atoms with E-state index >= 15 is 0 Å². The number of halogens is 2. The van der Waals surface area contributed by atoms with Crippen molar-refractivity contribution in [1.82, 2.24) is 5.32 Å². The molecular formula is C16H22F2N2O. The molecule has 1 aromatic rings. The van der Waals surface area contributed by atoms with Crippen LogP contribution in [0.25, 0.3) is 0 Å². The van der Waals surface area contributed by atoms with Crippen LogP contribution in [0.15, 0.2) is 12.1 Å². The number of carbonyl (C=O) groups excluding carboxylic acids is 1. The van der Waals surface area contributed by atoms with Gasteiger partial charge in [-0.2, -0.15) is 0 Å². The van der Waals surface area contributed by atoms with Gasteiger partial charge in [0.15, 0.2) is 0 Å². The zero-order chi connectivity index (χ0) is 15.4. The van der Waals surface area contributed by atoms with Gasteiger partial charge in [-0.1, -0.05) is 26.2 Å². The topological polar surface area (TPSA) is 55.1 Å². The molecule has 0 heterocycles. The van der Waals surface area contributed by atoms with Gasteiger partial charge in [-0.25, -0.2) is 8.78 Å². The summed E-state index contributed by atoms with van der Waals surface area (Å²) in [6.45, 7) is 2.76. The molecule has 1 saturated carbocycles. The fraction of sp³-hybridized carbons (Fsp3) is 0.562. The van der Waals surface area contributed by atoms with Crippen molar-refractivity contribution < 1.29 is 13.6 Å². The normalized spacial score (nSPS) is 22.0. The Hall–Kier alpha value is -1.65. The van der Waals surface area contributed by atoms with Crippen LogP contribution in [0.5, 0.6) is 0 Å². The highest BCUT2D eigenvalue weighted by molar-refractivity contribution is 5.94. The van der Waals surface area contributed by atoms with Crippen molar-refractivity contribution in [3.8, 4) is 0 Å². The van der Waals surface area contributed by atoms with E-state index in [0.717, 1.165) is 30.9 Å². The lowest BCUT2D eigenvalue weighted by Crippen LogP contribution is -2.31. The number of rotatable bonds is 4. The Kier molecular flexibility index (Phi) is 5.15. The molecule has 2 rings (SSSR count). The first kappa shape index (κ1) is 15.7. The molecule has 1 aromatic carbocycles. The van der Waals surface area contributed by atoms with E-state index in [4.69, 9.17) is 5.73 Å². The number of anilines is 1. The maximum absolute atomic E-state index is 13.3. The Bertz CT molecular complexity index is 488. The smallest absolute Gasteiger partial charge is 0.251 e. The Morgan fingerprint density at radius 2 is 1.71 bits per heavy atom. The van der Waals surface area contributed by atoms with Crippen molar-refractivity contribution in [2.45, 2.75) is 39.0 Å². The molecule has 1 amide bonds. The number of carbonyl (C=O) groups is 1. The van der Waals surface area contributed by atoms with Crippen LogP contribution in [0.2, 0.25) is 0 Å². The fourth-order valence-electron chi connectivity index (χ4n) is 2.90.